The highest BCUT2D eigenvalue weighted by molar-refractivity contribution is 5.97. The van der Waals surface area contributed by atoms with Crippen molar-refractivity contribution in [2.45, 2.75) is 38.1 Å². The Balaban J connectivity index is 2.07. The molecule has 0 bridgehead atoms. The van der Waals surface area contributed by atoms with Gasteiger partial charge in [-0.25, -0.2) is 4.39 Å². The number of hydrogen-bond acceptors (Lipinski definition) is 2. The summed E-state index contributed by atoms with van der Waals surface area (Å²) in [6, 6.07) is 4.71. The Bertz CT molecular complexity index is 498. The summed E-state index contributed by atoms with van der Waals surface area (Å²) < 4.78 is 13.1. The number of hydrogen-bond donors (Lipinski definition) is 2. The minimum absolute atomic E-state index is 0.0822. The third-order valence-electron chi connectivity index (χ3n) is 3.80. The molecule has 0 radical (unpaired) electrons. The molecule has 1 aliphatic carbocycles. The van der Waals surface area contributed by atoms with E-state index in [4.69, 9.17) is 5.73 Å². The fourth-order valence-corrected chi connectivity index (χ4v) is 2.74. The Hall–Kier alpha value is -1.91. The average molecular weight is 278 g/mol. The van der Waals surface area contributed by atoms with Crippen molar-refractivity contribution in [1.29, 1.82) is 0 Å². The van der Waals surface area contributed by atoms with Crippen LogP contribution in [0, 0.1) is 11.7 Å². The first-order valence-electron chi connectivity index (χ1n) is 6.93. The van der Waals surface area contributed by atoms with E-state index in [1.165, 1.54) is 18.2 Å². The van der Waals surface area contributed by atoms with Gasteiger partial charge in [0.15, 0.2) is 0 Å². The van der Waals surface area contributed by atoms with Crippen molar-refractivity contribution < 1.29 is 14.0 Å². The van der Waals surface area contributed by atoms with Crippen LogP contribution in [0.25, 0.3) is 0 Å². The summed E-state index contributed by atoms with van der Waals surface area (Å²) in [5.74, 6) is -1.38. The normalized spacial score (nSPS) is 17.4. The van der Waals surface area contributed by atoms with Gasteiger partial charge in [0.25, 0.3) is 5.91 Å². The van der Waals surface area contributed by atoms with Crippen LogP contribution in [0.2, 0.25) is 0 Å². The number of rotatable bonds is 4. The van der Waals surface area contributed by atoms with E-state index in [0.717, 1.165) is 38.2 Å². The maximum absolute atomic E-state index is 13.1. The summed E-state index contributed by atoms with van der Waals surface area (Å²) in [6.45, 7) is 0. The zero-order valence-electron chi connectivity index (χ0n) is 11.3. The van der Waals surface area contributed by atoms with E-state index in [1.807, 2.05) is 0 Å². The molecule has 0 saturated heterocycles. The first kappa shape index (κ1) is 14.5. The second-order valence-electron chi connectivity index (χ2n) is 5.26. The molecule has 1 fully saturated rings. The number of nitrogens with two attached hydrogens (primary N) is 1. The largest absolute Gasteiger partial charge is 0.368 e. The van der Waals surface area contributed by atoms with Gasteiger partial charge in [-0.05, 0) is 37.0 Å². The van der Waals surface area contributed by atoms with Gasteiger partial charge in [-0.1, -0.05) is 25.3 Å². The Morgan fingerprint density at radius 2 is 1.95 bits per heavy atom. The monoisotopic (exact) mass is 278 g/mol. The molecule has 3 N–H and O–H groups in total. The molecule has 0 aliphatic heterocycles. The zero-order valence-corrected chi connectivity index (χ0v) is 11.3. The first-order chi connectivity index (χ1) is 9.58. The maximum atomic E-state index is 13.1. The molecule has 1 aromatic rings. The van der Waals surface area contributed by atoms with Crippen LogP contribution in [-0.2, 0) is 4.79 Å². The highest BCUT2D eigenvalue weighted by Crippen LogP contribution is 2.26. The van der Waals surface area contributed by atoms with Crippen LogP contribution in [0.5, 0.6) is 0 Å². The molecule has 5 heteroatoms. The van der Waals surface area contributed by atoms with Gasteiger partial charge in [0.05, 0.1) is 0 Å². The van der Waals surface area contributed by atoms with E-state index in [1.54, 1.807) is 0 Å². The highest BCUT2D eigenvalue weighted by Gasteiger charge is 2.29. The lowest BCUT2D eigenvalue weighted by atomic mass is 9.83. The van der Waals surface area contributed by atoms with Gasteiger partial charge in [-0.2, -0.15) is 0 Å². The lowest BCUT2D eigenvalue weighted by Gasteiger charge is -2.28. The number of carbonyl (C=O) groups excluding carboxylic acids is 2. The number of benzene rings is 1. The topological polar surface area (TPSA) is 72.2 Å². The highest BCUT2D eigenvalue weighted by atomic mass is 19.1. The van der Waals surface area contributed by atoms with Crippen molar-refractivity contribution in [2.24, 2.45) is 11.7 Å². The van der Waals surface area contributed by atoms with Crippen molar-refractivity contribution in [3.63, 3.8) is 0 Å². The first-order valence-corrected chi connectivity index (χ1v) is 6.93. The summed E-state index contributed by atoms with van der Waals surface area (Å²) in [5.41, 5.74) is 5.60. The van der Waals surface area contributed by atoms with E-state index in [9.17, 15) is 14.0 Å². The van der Waals surface area contributed by atoms with E-state index in [0.29, 0.717) is 0 Å². The number of nitrogens with one attached hydrogen (secondary N) is 1. The Kier molecular flexibility index (Phi) is 4.71. The molecule has 108 valence electrons. The molecule has 0 spiro atoms. The second-order valence-corrected chi connectivity index (χ2v) is 5.26. The van der Waals surface area contributed by atoms with Gasteiger partial charge in [0, 0.05) is 5.56 Å². The standard InChI is InChI=1S/C15H19FN2O2/c16-12-8-4-7-11(9-12)15(20)18-13(14(17)19)10-5-2-1-3-6-10/h4,7-10,13H,1-3,5-6H2,(H2,17,19)(H,18,20)/t13-/m0/s1. The molecule has 4 nitrogen and oxygen atoms in total. The third-order valence-corrected chi connectivity index (χ3v) is 3.80. The van der Waals surface area contributed by atoms with Crippen LogP contribution < -0.4 is 11.1 Å². The van der Waals surface area contributed by atoms with Gasteiger partial charge in [0.2, 0.25) is 5.91 Å². The molecular formula is C15H19FN2O2. The van der Waals surface area contributed by atoms with Gasteiger partial charge < -0.3 is 11.1 Å². The molecule has 0 heterocycles. The lowest BCUT2D eigenvalue weighted by molar-refractivity contribution is -0.121. The summed E-state index contributed by atoms with van der Waals surface area (Å²) in [7, 11) is 0. The summed E-state index contributed by atoms with van der Waals surface area (Å²) in [5, 5.41) is 2.65. The van der Waals surface area contributed by atoms with Crippen molar-refractivity contribution in [3.05, 3.63) is 35.6 Å². The quantitative estimate of drug-likeness (QED) is 0.884. The molecule has 0 unspecified atom stereocenters. The van der Waals surface area contributed by atoms with Crippen molar-refractivity contribution in [3.8, 4) is 0 Å². The van der Waals surface area contributed by atoms with Gasteiger partial charge >= 0.3 is 0 Å². The van der Waals surface area contributed by atoms with E-state index >= 15 is 0 Å². The van der Waals surface area contributed by atoms with E-state index < -0.39 is 23.7 Å². The molecule has 1 atom stereocenters. The number of amides is 2. The fourth-order valence-electron chi connectivity index (χ4n) is 2.74. The minimum atomic E-state index is -0.675. The molecule has 2 amide bonds. The molecule has 1 aliphatic rings. The van der Waals surface area contributed by atoms with Crippen LogP contribution in [0.3, 0.4) is 0 Å². The number of halogens is 1. The maximum Gasteiger partial charge on any atom is 0.252 e. The van der Waals surface area contributed by atoms with Crippen molar-refractivity contribution >= 4 is 11.8 Å². The van der Waals surface area contributed by atoms with Gasteiger partial charge in [0.1, 0.15) is 11.9 Å². The predicted octanol–water partition coefficient (Wildman–Crippen LogP) is 1.99. The van der Waals surface area contributed by atoms with Crippen LogP contribution in [0.4, 0.5) is 4.39 Å². The van der Waals surface area contributed by atoms with Crippen molar-refractivity contribution in [1.82, 2.24) is 5.32 Å². The Morgan fingerprint density at radius 1 is 1.25 bits per heavy atom. The van der Waals surface area contributed by atoms with Crippen LogP contribution in [0.1, 0.15) is 42.5 Å². The summed E-state index contributed by atoms with van der Waals surface area (Å²) >= 11 is 0. The zero-order chi connectivity index (χ0) is 14.5. The van der Waals surface area contributed by atoms with Gasteiger partial charge in [-0.3, -0.25) is 9.59 Å². The molecule has 1 aromatic carbocycles. The molecular weight excluding hydrogens is 259 g/mol. The summed E-state index contributed by atoms with van der Waals surface area (Å²) in [6.07, 6.45) is 5.02. The Morgan fingerprint density at radius 3 is 2.55 bits per heavy atom. The number of primary amides is 1. The molecule has 2 rings (SSSR count). The molecule has 1 saturated carbocycles. The molecule has 20 heavy (non-hydrogen) atoms. The van der Waals surface area contributed by atoms with E-state index in [2.05, 4.69) is 5.32 Å². The average Bonchev–Trinajstić information content (AvgIpc) is 2.45. The summed E-state index contributed by atoms with van der Waals surface area (Å²) in [4.78, 5) is 23.6. The smallest absolute Gasteiger partial charge is 0.252 e. The Labute approximate surface area is 117 Å². The van der Waals surface area contributed by atoms with Crippen LogP contribution >= 0.6 is 0 Å². The SMILES string of the molecule is NC(=O)[C@@H](NC(=O)c1cccc(F)c1)C1CCCCC1. The third kappa shape index (κ3) is 3.56. The number of carbonyl (C=O) groups is 2. The second kappa shape index (κ2) is 6.50. The predicted molar refractivity (Wildman–Crippen MR) is 73.4 cm³/mol. The van der Waals surface area contributed by atoms with E-state index in [-0.39, 0.29) is 11.5 Å². The fraction of sp³-hybridized carbons (Fsp3) is 0.467. The van der Waals surface area contributed by atoms with Crippen LogP contribution in [0.15, 0.2) is 24.3 Å². The lowest BCUT2D eigenvalue weighted by Crippen LogP contribution is -2.49. The molecule has 0 aromatic heterocycles. The van der Waals surface area contributed by atoms with Crippen molar-refractivity contribution in [2.75, 3.05) is 0 Å². The van der Waals surface area contributed by atoms with Gasteiger partial charge in [-0.15, -0.1) is 0 Å². The minimum Gasteiger partial charge on any atom is -0.368 e. The van der Waals surface area contributed by atoms with Crippen LogP contribution in [-0.4, -0.2) is 17.9 Å².